The number of fused-ring (bicyclic) bond motifs is 1. The third-order valence-electron chi connectivity index (χ3n) is 4.76. The van der Waals surface area contributed by atoms with Gasteiger partial charge < -0.3 is 23.7 Å². The summed E-state index contributed by atoms with van der Waals surface area (Å²) in [5, 5.41) is 0. The van der Waals surface area contributed by atoms with E-state index >= 15 is 0 Å². The highest BCUT2D eigenvalue weighted by atomic mass is 16.5. The number of anilines is 1. The van der Waals surface area contributed by atoms with E-state index in [1.165, 1.54) is 19.2 Å². The van der Waals surface area contributed by atoms with Crippen molar-refractivity contribution < 1.29 is 18.7 Å². The van der Waals surface area contributed by atoms with Crippen molar-refractivity contribution in [3.8, 4) is 0 Å². The Morgan fingerprint density at radius 1 is 1.36 bits per heavy atom. The standard InChI is InChI=1S/C18H21N3O4/c1-23-11-17(22)21-10-13-8-14(20-4-6-24-7-5-20)2-3-15(13)18(21)16-9-19-12-25-16/h2-3,8-9,12,18H,4-7,10-11H2,1H3/t18-/m1/s1. The summed E-state index contributed by atoms with van der Waals surface area (Å²) in [4.78, 5) is 20.6. The number of ether oxygens (including phenoxy) is 2. The average molecular weight is 343 g/mol. The zero-order valence-electron chi connectivity index (χ0n) is 14.2. The minimum absolute atomic E-state index is 0.0505. The quantitative estimate of drug-likeness (QED) is 0.840. The first kappa shape index (κ1) is 16.1. The molecule has 0 radical (unpaired) electrons. The lowest BCUT2D eigenvalue weighted by Crippen LogP contribution is -2.36. The van der Waals surface area contributed by atoms with Crippen LogP contribution in [0.1, 0.15) is 22.9 Å². The molecule has 2 aliphatic rings. The maximum absolute atomic E-state index is 12.5. The summed E-state index contributed by atoms with van der Waals surface area (Å²) in [7, 11) is 1.53. The van der Waals surface area contributed by atoms with Crippen LogP contribution < -0.4 is 4.90 Å². The van der Waals surface area contributed by atoms with Gasteiger partial charge in [-0.2, -0.15) is 0 Å². The van der Waals surface area contributed by atoms with Gasteiger partial charge in [-0.15, -0.1) is 0 Å². The van der Waals surface area contributed by atoms with Gasteiger partial charge in [0.05, 0.1) is 19.4 Å². The predicted molar refractivity (Wildman–Crippen MR) is 90.2 cm³/mol. The van der Waals surface area contributed by atoms with Crippen LogP contribution in [-0.4, -0.2) is 55.8 Å². The number of benzene rings is 1. The predicted octanol–water partition coefficient (Wildman–Crippen LogP) is 1.59. The minimum atomic E-state index is -0.251. The van der Waals surface area contributed by atoms with E-state index in [0.29, 0.717) is 12.3 Å². The van der Waals surface area contributed by atoms with E-state index in [-0.39, 0.29) is 18.6 Å². The van der Waals surface area contributed by atoms with Crippen LogP contribution in [0.15, 0.2) is 35.2 Å². The van der Waals surface area contributed by atoms with Gasteiger partial charge in [-0.25, -0.2) is 4.98 Å². The van der Waals surface area contributed by atoms with Crippen molar-refractivity contribution in [2.24, 2.45) is 0 Å². The van der Waals surface area contributed by atoms with Crippen LogP contribution in [-0.2, 0) is 20.8 Å². The summed E-state index contributed by atoms with van der Waals surface area (Å²) >= 11 is 0. The van der Waals surface area contributed by atoms with Crippen LogP contribution in [0.4, 0.5) is 5.69 Å². The molecule has 1 aromatic heterocycles. The highest BCUT2D eigenvalue weighted by Gasteiger charge is 2.37. The first-order valence-corrected chi connectivity index (χ1v) is 8.40. The monoisotopic (exact) mass is 343 g/mol. The van der Waals surface area contributed by atoms with Crippen LogP contribution in [0.25, 0.3) is 0 Å². The van der Waals surface area contributed by atoms with Crippen molar-refractivity contribution in [3.05, 3.63) is 47.7 Å². The Morgan fingerprint density at radius 3 is 2.92 bits per heavy atom. The molecule has 0 bridgehead atoms. The molecular weight excluding hydrogens is 322 g/mol. The second-order valence-corrected chi connectivity index (χ2v) is 6.24. The lowest BCUT2D eigenvalue weighted by Gasteiger charge is -2.29. The van der Waals surface area contributed by atoms with Crippen molar-refractivity contribution in [2.75, 3.05) is 44.9 Å². The fourth-order valence-electron chi connectivity index (χ4n) is 3.56. The molecule has 7 nitrogen and oxygen atoms in total. The van der Waals surface area contributed by atoms with Crippen molar-refractivity contribution in [1.29, 1.82) is 0 Å². The second-order valence-electron chi connectivity index (χ2n) is 6.24. The van der Waals surface area contributed by atoms with Gasteiger partial charge in [0.2, 0.25) is 5.91 Å². The van der Waals surface area contributed by atoms with Crippen molar-refractivity contribution in [2.45, 2.75) is 12.6 Å². The molecule has 1 saturated heterocycles. The Bertz CT molecular complexity index is 741. The molecule has 7 heteroatoms. The van der Waals surface area contributed by atoms with E-state index in [9.17, 15) is 4.79 Å². The molecule has 2 aromatic rings. The average Bonchev–Trinajstić information content (AvgIpc) is 3.29. The number of carbonyl (C=O) groups is 1. The molecule has 0 spiro atoms. The SMILES string of the molecule is COCC(=O)N1Cc2cc(N3CCOCC3)ccc2[C@@H]1c1cnco1. The molecule has 1 atom stereocenters. The number of aromatic nitrogens is 1. The van der Waals surface area contributed by atoms with E-state index in [0.717, 1.165) is 37.4 Å². The third-order valence-corrected chi connectivity index (χ3v) is 4.76. The van der Waals surface area contributed by atoms with Crippen LogP contribution in [0.2, 0.25) is 0 Å². The number of rotatable bonds is 4. The van der Waals surface area contributed by atoms with Gasteiger partial charge in [0.15, 0.2) is 12.2 Å². The fraction of sp³-hybridized carbons (Fsp3) is 0.444. The van der Waals surface area contributed by atoms with Gasteiger partial charge in [-0.3, -0.25) is 4.79 Å². The number of amides is 1. The summed E-state index contributed by atoms with van der Waals surface area (Å²) in [6.07, 6.45) is 3.07. The highest BCUT2D eigenvalue weighted by Crippen LogP contribution is 2.40. The molecule has 0 saturated carbocycles. The second kappa shape index (κ2) is 6.85. The number of methoxy groups -OCH3 is 1. The molecule has 4 rings (SSSR count). The van der Waals surface area contributed by atoms with Gasteiger partial charge >= 0.3 is 0 Å². The third kappa shape index (κ3) is 3.01. The summed E-state index contributed by atoms with van der Waals surface area (Å²) in [6.45, 7) is 3.86. The molecule has 2 aliphatic heterocycles. The lowest BCUT2D eigenvalue weighted by molar-refractivity contribution is -0.137. The van der Waals surface area contributed by atoms with Crippen molar-refractivity contribution in [3.63, 3.8) is 0 Å². The molecule has 3 heterocycles. The Morgan fingerprint density at radius 2 is 2.20 bits per heavy atom. The van der Waals surface area contributed by atoms with Gasteiger partial charge in [0.25, 0.3) is 0 Å². The van der Waals surface area contributed by atoms with Gasteiger partial charge in [0, 0.05) is 32.4 Å². The molecule has 25 heavy (non-hydrogen) atoms. The minimum Gasteiger partial charge on any atom is -0.446 e. The van der Waals surface area contributed by atoms with Gasteiger partial charge in [-0.05, 0) is 23.3 Å². The lowest BCUT2D eigenvalue weighted by atomic mass is 10.0. The van der Waals surface area contributed by atoms with Crippen LogP contribution in [0.3, 0.4) is 0 Å². The zero-order chi connectivity index (χ0) is 17.2. The smallest absolute Gasteiger partial charge is 0.249 e. The molecule has 1 fully saturated rings. The zero-order valence-corrected chi connectivity index (χ0v) is 14.2. The van der Waals surface area contributed by atoms with Gasteiger partial charge in [-0.1, -0.05) is 6.07 Å². The van der Waals surface area contributed by atoms with Crippen LogP contribution in [0.5, 0.6) is 0 Å². The molecular formula is C18H21N3O4. The number of morpholine rings is 1. The maximum Gasteiger partial charge on any atom is 0.249 e. The number of hydrogen-bond donors (Lipinski definition) is 0. The summed E-state index contributed by atoms with van der Waals surface area (Å²) < 4.78 is 16.0. The first-order chi connectivity index (χ1) is 12.3. The number of hydrogen-bond acceptors (Lipinski definition) is 6. The number of oxazole rings is 1. The maximum atomic E-state index is 12.5. The van der Waals surface area contributed by atoms with Gasteiger partial charge in [0.1, 0.15) is 12.6 Å². The van der Waals surface area contributed by atoms with Crippen LogP contribution in [0, 0.1) is 0 Å². The Hall–Kier alpha value is -2.38. The highest BCUT2D eigenvalue weighted by molar-refractivity contribution is 5.79. The molecule has 1 aromatic carbocycles. The first-order valence-electron chi connectivity index (χ1n) is 8.40. The number of nitrogens with zero attached hydrogens (tertiary/aromatic N) is 3. The summed E-state index contributed by atoms with van der Waals surface area (Å²) in [5.74, 6) is 0.607. The normalized spacial score (nSPS) is 20.0. The molecule has 0 unspecified atom stereocenters. The largest absolute Gasteiger partial charge is 0.446 e. The molecule has 132 valence electrons. The van der Waals surface area contributed by atoms with E-state index in [2.05, 4.69) is 28.1 Å². The summed E-state index contributed by atoms with van der Waals surface area (Å²) in [6, 6.07) is 6.12. The number of carbonyl (C=O) groups excluding carboxylic acids is 1. The van der Waals surface area contributed by atoms with E-state index in [1.807, 2.05) is 0 Å². The Labute approximate surface area is 146 Å². The van der Waals surface area contributed by atoms with Crippen molar-refractivity contribution >= 4 is 11.6 Å². The Kier molecular flexibility index (Phi) is 4.42. The summed E-state index contributed by atoms with van der Waals surface area (Å²) in [5.41, 5.74) is 3.38. The Balaban J connectivity index is 1.67. The molecule has 0 N–H and O–H groups in total. The molecule has 1 amide bonds. The molecule has 0 aliphatic carbocycles. The van der Waals surface area contributed by atoms with E-state index < -0.39 is 0 Å². The van der Waals surface area contributed by atoms with E-state index in [4.69, 9.17) is 13.9 Å². The van der Waals surface area contributed by atoms with E-state index in [1.54, 1.807) is 11.1 Å². The van der Waals surface area contributed by atoms with Crippen molar-refractivity contribution in [1.82, 2.24) is 9.88 Å². The topological polar surface area (TPSA) is 68.0 Å². The fourth-order valence-corrected chi connectivity index (χ4v) is 3.56. The van der Waals surface area contributed by atoms with Crippen LogP contribution >= 0.6 is 0 Å².